The van der Waals surface area contributed by atoms with Gasteiger partial charge < -0.3 is 10.1 Å². The van der Waals surface area contributed by atoms with Crippen molar-refractivity contribution in [3.8, 4) is 0 Å². The summed E-state index contributed by atoms with van der Waals surface area (Å²) in [6, 6.07) is 3.78. The van der Waals surface area contributed by atoms with Crippen molar-refractivity contribution in [1.82, 2.24) is 10.3 Å². The monoisotopic (exact) mass is 236 g/mol. The van der Waals surface area contributed by atoms with Gasteiger partial charge in [-0.3, -0.25) is 9.78 Å². The third-order valence-corrected chi connectivity index (χ3v) is 2.93. The first-order valence-electron chi connectivity index (χ1n) is 5.76. The fourth-order valence-electron chi connectivity index (χ4n) is 2.05. The van der Waals surface area contributed by atoms with Crippen LogP contribution in [-0.2, 0) is 9.53 Å². The lowest BCUT2D eigenvalue weighted by atomic mass is 9.85. The SMILES string of the molecule is CNC(c1ccncc1)C(C(=O)OC)C(C)C. The van der Waals surface area contributed by atoms with Crippen LogP contribution in [0, 0.1) is 11.8 Å². The summed E-state index contributed by atoms with van der Waals surface area (Å²) in [6.07, 6.45) is 3.46. The average molecular weight is 236 g/mol. The van der Waals surface area contributed by atoms with Gasteiger partial charge in [-0.15, -0.1) is 0 Å². The maximum atomic E-state index is 11.8. The zero-order valence-electron chi connectivity index (χ0n) is 10.8. The van der Waals surface area contributed by atoms with Crippen molar-refractivity contribution >= 4 is 5.97 Å². The van der Waals surface area contributed by atoms with Crippen molar-refractivity contribution in [3.05, 3.63) is 30.1 Å². The smallest absolute Gasteiger partial charge is 0.310 e. The summed E-state index contributed by atoms with van der Waals surface area (Å²) < 4.78 is 4.88. The third kappa shape index (κ3) is 3.27. The van der Waals surface area contributed by atoms with Gasteiger partial charge in [0.05, 0.1) is 13.0 Å². The van der Waals surface area contributed by atoms with E-state index in [0.29, 0.717) is 0 Å². The Morgan fingerprint density at radius 3 is 2.35 bits per heavy atom. The molecule has 0 fully saturated rings. The summed E-state index contributed by atoms with van der Waals surface area (Å²) >= 11 is 0. The molecule has 1 aromatic rings. The first-order chi connectivity index (χ1) is 8.11. The molecule has 1 rings (SSSR count). The van der Waals surface area contributed by atoms with Crippen molar-refractivity contribution < 1.29 is 9.53 Å². The van der Waals surface area contributed by atoms with Crippen molar-refractivity contribution in [3.63, 3.8) is 0 Å². The Balaban J connectivity index is 3.02. The van der Waals surface area contributed by atoms with E-state index in [1.165, 1.54) is 7.11 Å². The van der Waals surface area contributed by atoms with Crippen molar-refractivity contribution in [2.45, 2.75) is 19.9 Å². The number of hydrogen-bond acceptors (Lipinski definition) is 4. The molecule has 0 amide bonds. The maximum Gasteiger partial charge on any atom is 0.310 e. The molecule has 4 heteroatoms. The van der Waals surface area contributed by atoms with E-state index in [-0.39, 0.29) is 23.8 Å². The highest BCUT2D eigenvalue weighted by molar-refractivity contribution is 5.73. The molecule has 0 aliphatic heterocycles. The minimum absolute atomic E-state index is 0.0505. The molecule has 2 unspecified atom stereocenters. The molecule has 17 heavy (non-hydrogen) atoms. The van der Waals surface area contributed by atoms with Gasteiger partial charge in [0.25, 0.3) is 0 Å². The lowest BCUT2D eigenvalue weighted by Crippen LogP contribution is -2.35. The molecule has 1 N–H and O–H groups in total. The Kier molecular flexibility index (Phi) is 5.10. The second kappa shape index (κ2) is 6.35. The summed E-state index contributed by atoms with van der Waals surface area (Å²) in [5.41, 5.74) is 1.05. The zero-order valence-corrected chi connectivity index (χ0v) is 10.8. The number of hydrogen-bond donors (Lipinski definition) is 1. The molecule has 4 nitrogen and oxygen atoms in total. The normalized spacial score (nSPS) is 14.4. The van der Waals surface area contributed by atoms with E-state index in [1.54, 1.807) is 12.4 Å². The van der Waals surface area contributed by atoms with Crippen LogP contribution >= 0.6 is 0 Å². The predicted octanol–water partition coefficient (Wildman–Crippen LogP) is 1.79. The number of ether oxygens (including phenoxy) is 1. The van der Waals surface area contributed by atoms with Gasteiger partial charge in [0.1, 0.15) is 0 Å². The quantitative estimate of drug-likeness (QED) is 0.792. The molecule has 0 bridgehead atoms. The molecule has 0 radical (unpaired) electrons. The number of nitrogens with one attached hydrogen (secondary N) is 1. The number of pyridine rings is 1. The van der Waals surface area contributed by atoms with Gasteiger partial charge in [-0.25, -0.2) is 0 Å². The van der Waals surface area contributed by atoms with Crippen LogP contribution < -0.4 is 5.32 Å². The van der Waals surface area contributed by atoms with E-state index in [0.717, 1.165) is 5.56 Å². The lowest BCUT2D eigenvalue weighted by molar-refractivity contribution is -0.148. The highest BCUT2D eigenvalue weighted by Crippen LogP contribution is 2.28. The van der Waals surface area contributed by atoms with Gasteiger partial charge in [-0.2, -0.15) is 0 Å². The minimum Gasteiger partial charge on any atom is -0.469 e. The van der Waals surface area contributed by atoms with Gasteiger partial charge in [0.15, 0.2) is 0 Å². The predicted molar refractivity (Wildman–Crippen MR) is 66.4 cm³/mol. The van der Waals surface area contributed by atoms with E-state index >= 15 is 0 Å². The fraction of sp³-hybridized carbons (Fsp3) is 0.538. The van der Waals surface area contributed by atoms with Crippen LogP contribution in [0.4, 0.5) is 0 Å². The van der Waals surface area contributed by atoms with Crippen LogP contribution in [0.1, 0.15) is 25.5 Å². The maximum absolute atomic E-state index is 11.8. The van der Waals surface area contributed by atoms with Gasteiger partial charge in [0, 0.05) is 18.4 Å². The van der Waals surface area contributed by atoms with Gasteiger partial charge in [0.2, 0.25) is 0 Å². The summed E-state index contributed by atoms with van der Waals surface area (Å²) in [6.45, 7) is 4.04. The number of rotatable bonds is 5. The zero-order chi connectivity index (χ0) is 12.8. The number of nitrogens with zero attached hydrogens (tertiary/aromatic N) is 1. The average Bonchev–Trinajstić information content (AvgIpc) is 2.35. The number of carbonyl (C=O) groups excluding carboxylic acids is 1. The van der Waals surface area contributed by atoms with Gasteiger partial charge >= 0.3 is 5.97 Å². The van der Waals surface area contributed by atoms with Crippen LogP contribution in [0.2, 0.25) is 0 Å². The number of methoxy groups -OCH3 is 1. The molecule has 0 saturated heterocycles. The van der Waals surface area contributed by atoms with Crippen molar-refractivity contribution in [2.75, 3.05) is 14.2 Å². The van der Waals surface area contributed by atoms with Crippen LogP contribution in [0.15, 0.2) is 24.5 Å². The molecule has 1 heterocycles. The number of esters is 1. The van der Waals surface area contributed by atoms with E-state index in [2.05, 4.69) is 10.3 Å². The third-order valence-electron chi connectivity index (χ3n) is 2.93. The van der Waals surface area contributed by atoms with E-state index in [1.807, 2.05) is 33.0 Å². The molecule has 0 aliphatic carbocycles. The second-order valence-corrected chi connectivity index (χ2v) is 4.34. The highest BCUT2D eigenvalue weighted by Gasteiger charge is 2.32. The summed E-state index contributed by atoms with van der Waals surface area (Å²) in [5.74, 6) is -0.184. The van der Waals surface area contributed by atoms with Crippen LogP contribution in [-0.4, -0.2) is 25.1 Å². The Hall–Kier alpha value is -1.42. The molecule has 0 aromatic carbocycles. The van der Waals surface area contributed by atoms with Crippen LogP contribution in [0.3, 0.4) is 0 Å². The molecule has 94 valence electrons. The standard InChI is InChI=1S/C13H20N2O2/c1-9(2)11(13(16)17-4)12(14-3)10-5-7-15-8-6-10/h5-9,11-12,14H,1-4H3. The topological polar surface area (TPSA) is 51.2 Å². The number of aromatic nitrogens is 1. The minimum atomic E-state index is -0.201. The molecule has 1 aromatic heterocycles. The number of carbonyl (C=O) groups is 1. The fourth-order valence-corrected chi connectivity index (χ4v) is 2.05. The molecule has 2 atom stereocenters. The van der Waals surface area contributed by atoms with Crippen LogP contribution in [0.5, 0.6) is 0 Å². The molecule has 0 spiro atoms. The summed E-state index contributed by atoms with van der Waals surface area (Å²) in [7, 11) is 3.28. The first-order valence-corrected chi connectivity index (χ1v) is 5.76. The Labute approximate surface area is 102 Å². The van der Waals surface area contributed by atoms with E-state index in [4.69, 9.17) is 4.74 Å². The Morgan fingerprint density at radius 2 is 1.94 bits per heavy atom. The van der Waals surface area contributed by atoms with E-state index < -0.39 is 0 Å². The summed E-state index contributed by atoms with van der Waals surface area (Å²) in [5, 5.41) is 3.19. The largest absolute Gasteiger partial charge is 0.469 e. The second-order valence-electron chi connectivity index (χ2n) is 4.34. The highest BCUT2D eigenvalue weighted by atomic mass is 16.5. The van der Waals surface area contributed by atoms with Crippen molar-refractivity contribution in [2.24, 2.45) is 11.8 Å². The first kappa shape index (κ1) is 13.6. The van der Waals surface area contributed by atoms with Gasteiger partial charge in [-0.05, 0) is 30.7 Å². The van der Waals surface area contributed by atoms with Crippen LogP contribution in [0.25, 0.3) is 0 Å². The van der Waals surface area contributed by atoms with E-state index in [9.17, 15) is 4.79 Å². The molecule has 0 aliphatic rings. The van der Waals surface area contributed by atoms with Gasteiger partial charge in [-0.1, -0.05) is 13.8 Å². The molecular formula is C13H20N2O2. The van der Waals surface area contributed by atoms with Crippen molar-refractivity contribution in [1.29, 1.82) is 0 Å². The lowest BCUT2D eigenvalue weighted by Gasteiger charge is -2.28. The molecule has 0 saturated carbocycles. The Morgan fingerprint density at radius 1 is 1.35 bits per heavy atom. The molecular weight excluding hydrogens is 216 g/mol. The summed E-state index contributed by atoms with van der Waals surface area (Å²) in [4.78, 5) is 15.8. The Bertz CT molecular complexity index is 352.